The molecule has 0 N–H and O–H groups in total. The third-order valence-electron chi connectivity index (χ3n) is 19.3. The molecule has 80 heavy (non-hydrogen) atoms. The quantitative estimate of drug-likeness (QED) is 0.162. The van der Waals surface area contributed by atoms with Crippen molar-refractivity contribution in [2.24, 2.45) is 0 Å². The first-order valence-corrected chi connectivity index (χ1v) is 29.3. The van der Waals surface area contributed by atoms with E-state index in [4.69, 9.17) is 8.83 Å². The first-order chi connectivity index (χ1) is 39.8. The van der Waals surface area contributed by atoms with Gasteiger partial charge in [0.2, 0.25) is 0 Å². The summed E-state index contributed by atoms with van der Waals surface area (Å²) in [6.45, 7) is 3.87. The summed E-state index contributed by atoms with van der Waals surface area (Å²) < 4.78 is 15.1. The summed E-state index contributed by atoms with van der Waals surface area (Å²) in [7, 11) is 0. The van der Waals surface area contributed by atoms with Crippen LogP contribution in [0.5, 0.6) is 0 Å². The highest BCUT2D eigenvalue weighted by atomic mass is 16.3. The lowest BCUT2D eigenvalue weighted by molar-refractivity contribution is 0.634. The maximum absolute atomic E-state index is 7.57. The molecule has 2 aromatic heterocycles. The highest BCUT2D eigenvalue weighted by Crippen LogP contribution is 2.58. The maximum Gasteiger partial charge on any atom is 0.297 e. The molecule has 0 aliphatic carbocycles. The number of benzene rings is 9. The molecule has 9 aromatic carbocycles. The zero-order chi connectivity index (χ0) is 51.9. The van der Waals surface area contributed by atoms with Gasteiger partial charge >= 0.3 is 0 Å². The van der Waals surface area contributed by atoms with Crippen LogP contribution >= 0.6 is 0 Å². The third kappa shape index (κ3) is 5.68. The Bertz CT molecular complexity index is 4160. The summed E-state index contributed by atoms with van der Waals surface area (Å²) in [6.07, 6.45) is 8.56. The van der Waals surface area contributed by atoms with Crippen LogP contribution in [-0.4, -0.2) is 39.6 Å². The Hall–Kier alpha value is -9.01. The smallest absolute Gasteiger partial charge is 0.297 e. The number of furan rings is 2. The molecule has 0 spiro atoms. The van der Waals surface area contributed by atoms with Crippen molar-refractivity contribution < 1.29 is 8.83 Å². The van der Waals surface area contributed by atoms with Crippen LogP contribution in [-0.2, 0) is 25.7 Å². The number of fused-ring (bicyclic) bond motifs is 16. The van der Waals surface area contributed by atoms with E-state index >= 15 is 0 Å². The van der Waals surface area contributed by atoms with Crippen molar-refractivity contribution in [1.29, 1.82) is 0 Å². The SMILES string of the molecule is c1ccc(N2c3cc4c(cc3B3c5oc6ccccc6c5N(c5ccccc5)c5c6c7c(c2c53)CCCN7CCC6)B2c3oc5ccccc5c3N(c3ccccc3)c3c5c6c(c(c32)N4c2ccccc2)CCCN6CCC5)cc1. The van der Waals surface area contributed by atoms with Crippen molar-refractivity contribution >= 4 is 148 Å². The van der Waals surface area contributed by atoms with Crippen LogP contribution in [0.25, 0.3) is 21.9 Å². The van der Waals surface area contributed by atoms with Crippen LogP contribution in [0, 0.1) is 0 Å². The molecule has 0 radical (unpaired) electrons. The van der Waals surface area contributed by atoms with E-state index in [0.29, 0.717) is 0 Å². The molecule has 0 saturated heterocycles. The molecular formula is C70H54B2N6O2. The van der Waals surface area contributed by atoms with Gasteiger partial charge in [0, 0.05) is 105 Å². The minimum atomic E-state index is -0.217. The zero-order valence-corrected chi connectivity index (χ0v) is 44.5. The molecule has 11 aromatic rings. The molecule has 0 fully saturated rings. The van der Waals surface area contributed by atoms with Crippen molar-refractivity contribution in [3.63, 3.8) is 0 Å². The summed E-state index contributed by atoms with van der Waals surface area (Å²) in [6, 6.07) is 67.8. The van der Waals surface area contributed by atoms with E-state index in [1.54, 1.807) is 0 Å². The van der Waals surface area contributed by atoms with Gasteiger partial charge in [-0.1, -0.05) is 103 Å². The fourth-order valence-electron chi connectivity index (χ4n) is 16.5. The number of nitrogens with zero attached hydrogens (tertiary/aromatic N) is 6. The number of hydrogen-bond donors (Lipinski definition) is 0. The highest BCUT2D eigenvalue weighted by molar-refractivity contribution is 7.03. The van der Waals surface area contributed by atoms with E-state index in [0.717, 1.165) is 134 Å². The molecule has 0 unspecified atom stereocenters. The highest BCUT2D eigenvalue weighted by Gasteiger charge is 2.55. The maximum atomic E-state index is 7.57. The molecule has 8 aliphatic rings. The van der Waals surface area contributed by atoms with E-state index in [1.807, 2.05) is 0 Å². The summed E-state index contributed by atoms with van der Waals surface area (Å²) in [4.78, 5) is 16.1. The first kappa shape index (κ1) is 43.9. The van der Waals surface area contributed by atoms with Gasteiger partial charge in [0.1, 0.15) is 11.2 Å². The van der Waals surface area contributed by atoms with Crippen LogP contribution < -0.4 is 62.6 Å². The fourth-order valence-corrected chi connectivity index (χ4v) is 16.5. The topological polar surface area (TPSA) is 45.7 Å². The first-order valence-electron chi connectivity index (χ1n) is 29.3. The van der Waals surface area contributed by atoms with Crippen LogP contribution in [0.4, 0.5) is 79.6 Å². The zero-order valence-electron chi connectivity index (χ0n) is 44.5. The Balaban J connectivity index is 0.996. The second-order valence-electron chi connectivity index (χ2n) is 23.4. The van der Waals surface area contributed by atoms with Gasteiger partial charge in [0.15, 0.2) is 0 Å². The normalized spacial score (nSPS) is 16.7. The van der Waals surface area contributed by atoms with Crippen LogP contribution in [0.15, 0.2) is 191 Å². The van der Waals surface area contributed by atoms with Gasteiger partial charge in [-0.05, 0) is 174 Å². The summed E-state index contributed by atoms with van der Waals surface area (Å²) in [5, 5.41) is 2.28. The largest absolute Gasteiger partial charge is 0.468 e. The molecule has 0 saturated carbocycles. The lowest BCUT2D eigenvalue weighted by Crippen LogP contribution is -2.65. The summed E-state index contributed by atoms with van der Waals surface area (Å²) in [5.74, 6) is 0. The van der Waals surface area contributed by atoms with E-state index in [2.05, 4.69) is 211 Å². The molecule has 10 heterocycles. The Morgan fingerprint density at radius 2 is 0.637 bits per heavy atom. The van der Waals surface area contributed by atoms with Gasteiger partial charge < -0.3 is 38.2 Å². The Kier molecular flexibility index (Phi) is 8.94. The van der Waals surface area contributed by atoms with Crippen molar-refractivity contribution in [3.8, 4) is 0 Å². The fraction of sp³-hybridized carbons (Fsp3) is 0.171. The number of para-hydroxylation sites is 6. The molecule has 19 rings (SSSR count). The van der Waals surface area contributed by atoms with Gasteiger partial charge in [-0.2, -0.15) is 0 Å². The summed E-state index contributed by atoms with van der Waals surface area (Å²) >= 11 is 0. The van der Waals surface area contributed by atoms with Crippen molar-refractivity contribution in [2.75, 3.05) is 55.6 Å². The van der Waals surface area contributed by atoms with E-state index in [-0.39, 0.29) is 13.4 Å². The Labute approximate surface area is 465 Å². The predicted octanol–water partition coefficient (Wildman–Crippen LogP) is 12.7. The van der Waals surface area contributed by atoms with E-state index < -0.39 is 0 Å². The Morgan fingerprint density at radius 1 is 0.312 bits per heavy atom. The lowest BCUT2D eigenvalue weighted by atomic mass is 9.31. The molecule has 10 heteroatoms. The van der Waals surface area contributed by atoms with Crippen molar-refractivity contribution in [3.05, 3.63) is 204 Å². The van der Waals surface area contributed by atoms with Gasteiger partial charge in [-0.3, -0.25) is 0 Å². The van der Waals surface area contributed by atoms with Crippen molar-refractivity contribution in [1.82, 2.24) is 0 Å². The minimum Gasteiger partial charge on any atom is -0.468 e. The van der Waals surface area contributed by atoms with Crippen LogP contribution in [0.2, 0.25) is 0 Å². The number of anilines is 14. The second-order valence-corrected chi connectivity index (χ2v) is 23.4. The van der Waals surface area contributed by atoms with Gasteiger partial charge in [0.25, 0.3) is 13.4 Å². The van der Waals surface area contributed by atoms with Crippen molar-refractivity contribution in [2.45, 2.75) is 51.4 Å². The molecule has 0 atom stereocenters. The number of hydrogen-bond acceptors (Lipinski definition) is 8. The number of rotatable bonds is 4. The minimum absolute atomic E-state index is 0.217. The molecule has 0 bridgehead atoms. The van der Waals surface area contributed by atoms with E-state index in [1.165, 1.54) is 101 Å². The van der Waals surface area contributed by atoms with Gasteiger partial charge in [-0.15, -0.1) is 0 Å². The van der Waals surface area contributed by atoms with Crippen LogP contribution in [0.3, 0.4) is 0 Å². The predicted molar refractivity (Wildman–Crippen MR) is 332 cm³/mol. The van der Waals surface area contributed by atoms with Crippen LogP contribution in [0.1, 0.15) is 47.9 Å². The van der Waals surface area contributed by atoms with Gasteiger partial charge in [-0.25, -0.2) is 0 Å². The second kappa shape index (κ2) is 16.3. The monoisotopic (exact) mass is 1030 g/mol. The lowest BCUT2D eigenvalue weighted by Gasteiger charge is -2.50. The molecule has 8 nitrogen and oxygen atoms in total. The molecular weight excluding hydrogens is 978 g/mol. The Morgan fingerprint density at radius 3 is 1.01 bits per heavy atom. The molecule has 8 aliphatic heterocycles. The third-order valence-corrected chi connectivity index (χ3v) is 19.3. The standard InChI is InChI=1S/C70H54B2N6O2/c1-5-21-43(22-6-1)75-55-42-56-54(41-53(55)71-59-63(75)49-31-17-37-73-39-19-33-51(61(49)73)65(59)77(45-25-9-3-10-26-45)67-47-29-13-15-35-57(47)79-69(67)71)72-60-64(76(56)44-23-7-2-8-24-44)50-32-18-38-74-40-20-34-52(62(50)74)66(60)78(46-27-11-4-12-28-46)68-48-30-14-16-36-58(48)80-70(68)72/h1-16,21-30,35-36,41-42H,17-20,31-34,37-40H2. The molecule has 0 amide bonds. The average molecular weight is 1030 g/mol. The van der Waals surface area contributed by atoms with E-state index in [9.17, 15) is 0 Å². The summed E-state index contributed by atoms with van der Waals surface area (Å²) in [5.41, 5.74) is 32.5. The molecule has 382 valence electrons. The van der Waals surface area contributed by atoms with Gasteiger partial charge in [0.05, 0.1) is 22.7 Å². The average Bonchev–Trinajstić information content (AvgIpc) is 4.14.